The Hall–Kier alpha value is -1.51. The van der Waals surface area contributed by atoms with Gasteiger partial charge in [0.05, 0.1) is 23.2 Å². The third-order valence-corrected chi connectivity index (χ3v) is 2.88. The van der Waals surface area contributed by atoms with E-state index in [0.29, 0.717) is 13.0 Å². The van der Waals surface area contributed by atoms with Gasteiger partial charge in [0.15, 0.2) is 0 Å². The van der Waals surface area contributed by atoms with Crippen molar-refractivity contribution in [1.29, 1.82) is 0 Å². The van der Waals surface area contributed by atoms with Crippen molar-refractivity contribution >= 4 is 5.69 Å². The molecule has 0 aromatic carbocycles. The summed E-state index contributed by atoms with van der Waals surface area (Å²) in [6.07, 6.45) is 2.29. The molecule has 0 aliphatic carbocycles. The van der Waals surface area contributed by atoms with Crippen molar-refractivity contribution in [1.82, 2.24) is 15.1 Å². The van der Waals surface area contributed by atoms with Crippen LogP contribution in [0.2, 0.25) is 0 Å². The highest BCUT2D eigenvalue weighted by Gasteiger charge is 2.17. The number of rotatable bonds is 8. The molecular formula is C11H20N4O4. The second kappa shape index (κ2) is 6.60. The summed E-state index contributed by atoms with van der Waals surface area (Å²) in [5.74, 6) is 0. The molecular weight excluding hydrogens is 252 g/mol. The van der Waals surface area contributed by atoms with Crippen molar-refractivity contribution in [3.8, 4) is 0 Å². The van der Waals surface area contributed by atoms with E-state index in [4.69, 9.17) is 0 Å². The van der Waals surface area contributed by atoms with Gasteiger partial charge in [0, 0.05) is 13.1 Å². The van der Waals surface area contributed by atoms with Gasteiger partial charge in [-0.2, -0.15) is 5.10 Å². The molecule has 0 amide bonds. The Balaban J connectivity index is 2.34. The molecule has 3 N–H and O–H groups in total. The number of hydrogen-bond acceptors (Lipinski definition) is 6. The number of aromatic nitrogens is 2. The standard InChI is InChI=1S/C11H20N4O4/c1-3-11(2,17)8-12-5-10(16)7-14-6-9(4-13-14)15(18)19/h4,6,10,12,16-17H,3,5,7-8H2,1-2H3. The number of nitrogens with zero attached hydrogens (tertiary/aromatic N) is 3. The van der Waals surface area contributed by atoms with Crippen molar-refractivity contribution < 1.29 is 15.1 Å². The Morgan fingerprint density at radius 1 is 1.68 bits per heavy atom. The minimum Gasteiger partial charge on any atom is -0.390 e. The SMILES string of the molecule is CCC(C)(O)CNCC(O)Cn1cc([N+](=O)[O-])cn1. The van der Waals surface area contributed by atoms with E-state index in [2.05, 4.69) is 10.4 Å². The number of aliphatic hydroxyl groups excluding tert-OH is 1. The Labute approximate surface area is 111 Å². The van der Waals surface area contributed by atoms with Gasteiger partial charge in [-0.05, 0) is 13.3 Å². The average Bonchev–Trinajstić information content (AvgIpc) is 2.77. The maximum atomic E-state index is 10.5. The number of nitrogens with one attached hydrogen (secondary N) is 1. The van der Waals surface area contributed by atoms with Crippen LogP contribution in [0, 0.1) is 10.1 Å². The molecule has 1 aromatic heterocycles. The highest BCUT2D eigenvalue weighted by atomic mass is 16.6. The van der Waals surface area contributed by atoms with Crippen molar-refractivity contribution in [2.75, 3.05) is 13.1 Å². The van der Waals surface area contributed by atoms with Crippen molar-refractivity contribution in [3.63, 3.8) is 0 Å². The molecule has 0 aliphatic heterocycles. The monoisotopic (exact) mass is 272 g/mol. The zero-order valence-electron chi connectivity index (χ0n) is 11.1. The van der Waals surface area contributed by atoms with Crippen LogP contribution in [-0.2, 0) is 6.54 Å². The lowest BCUT2D eigenvalue weighted by atomic mass is 10.0. The normalized spacial score (nSPS) is 16.0. The summed E-state index contributed by atoms with van der Waals surface area (Å²) in [5.41, 5.74) is -0.904. The van der Waals surface area contributed by atoms with E-state index in [1.165, 1.54) is 10.9 Å². The predicted octanol–water partition coefficient (Wildman–Crippen LogP) is -0.0972. The van der Waals surface area contributed by atoms with Gasteiger partial charge in [-0.25, -0.2) is 0 Å². The lowest BCUT2D eigenvalue weighted by molar-refractivity contribution is -0.385. The fourth-order valence-electron chi connectivity index (χ4n) is 1.46. The Morgan fingerprint density at radius 2 is 2.37 bits per heavy atom. The van der Waals surface area contributed by atoms with Crippen LogP contribution in [0.1, 0.15) is 20.3 Å². The Kier molecular flexibility index (Phi) is 5.40. The first-order chi connectivity index (χ1) is 8.84. The molecule has 108 valence electrons. The third-order valence-electron chi connectivity index (χ3n) is 2.88. The third kappa shape index (κ3) is 5.33. The zero-order chi connectivity index (χ0) is 14.5. The molecule has 0 radical (unpaired) electrons. The fraction of sp³-hybridized carbons (Fsp3) is 0.727. The molecule has 0 aliphatic rings. The van der Waals surface area contributed by atoms with Gasteiger partial charge in [0.1, 0.15) is 12.4 Å². The minimum atomic E-state index is -0.801. The minimum absolute atomic E-state index is 0.103. The van der Waals surface area contributed by atoms with Crippen molar-refractivity contribution in [2.45, 2.75) is 38.5 Å². The van der Waals surface area contributed by atoms with Crippen LogP contribution in [0.4, 0.5) is 5.69 Å². The van der Waals surface area contributed by atoms with Crippen LogP contribution in [-0.4, -0.2) is 49.7 Å². The van der Waals surface area contributed by atoms with Gasteiger partial charge in [0.25, 0.3) is 0 Å². The average molecular weight is 272 g/mol. The molecule has 2 unspecified atom stereocenters. The predicted molar refractivity (Wildman–Crippen MR) is 68.7 cm³/mol. The maximum Gasteiger partial charge on any atom is 0.306 e. The van der Waals surface area contributed by atoms with Gasteiger partial charge in [-0.1, -0.05) is 6.92 Å². The van der Waals surface area contributed by atoms with Crippen LogP contribution in [0.15, 0.2) is 12.4 Å². The van der Waals surface area contributed by atoms with Crippen molar-refractivity contribution in [2.24, 2.45) is 0 Å². The van der Waals surface area contributed by atoms with E-state index in [0.717, 1.165) is 6.20 Å². The lowest BCUT2D eigenvalue weighted by Gasteiger charge is -2.22. The smallest absolute Gasteiger partial charge is 0.306 e. The van der Waals surface area contributed by atoms with Gasteiger partial charge in [-0.3, -0.25) is 14.8 Å². The lowest BCUT2D eigenvalue weighted by Crippen LogP contribution is -2.41. The maximum absolute atomic E-state index is 10.5. The Morgan fingerprint density at radius 3 is 2.89 bits per heavy atom. The summed E-state index contributed by atoms with van der Waals surface area (Å²) in [6.45, 7) is 4.41. The molecule has 0 spiro atoms. The van der Waals surface area contributed by atoms with Gasteiger partial charge in [0.2, 0.25) is 0 Å². The van der Waals surface area contributed by atoms with E-state index in [9.17, 15) is 20.3 Å². The highest BCUT2D eigenvalue weighted by Crippen LogP contribution is 2.08. The van der Waals surface area contributed by atoms with Crippen LogP contribution in [0.5, 0.6) is 0 Å². The molecule has 1 heterocycles. The van der Waals surface area contributed by atoms with E-state index in [1.807, 2.05) is 6.92 Å². The van der Waals surface area contributed by atoms with E-state index in [1.54, 1.807) is 6.92 Å². The Bertz CT molecular complexity index is 419. The largest absolute Gasteiger partial charge is 0.390 e. The molecule has 0 saturated heterocycles. The summed E-state index contributed by atoms with van der Waals surface area (Å²) in [5, 5.41) is 36.7. The zero-order valence-corrected chi connectivity index (χ0v) is 11.1. The molecule has 0 saturated carbocycles. The topological polar surface area (TPSA) is 113 Å². The summed E-state index contributed by atoms with van der Waals surface area (Å²) < 4.78 is 1.32. The number of aliphatic hydroxyl groups is 2. The number of nitro groups is 1. The van der Waals surface area contributed by atoms with E-state index < -0.39 is 16.6 Å². The molecule has 8 heteroatoms. The fourth-order valence-corrected chi connectivity index (χ4v) is 1.46. The van der Waals surface area contributed by atoms with Gasteiger partial charge in [-0.15, -0.1) is 0 Å². The first-order valence-electron chi connectivity index (χ1n) is 6.12. The first kappa shape index (κ1) is 15.5. The van der Waals surface area contributed by atoms with Gasteiger partial charge < -0.3 is 15.5 Å². The summed E-state index contributed by atoms with van der Waals surface area (Å²) >= 11 is 0. The molecule has 19 heavy (non-hydrogen) atoms. The summed E-state index contributed by atoms with van der Waals surface area (Å²) in [6, 6.07) is 0. The highest BCUT2D eigenvalue weighted by molar-refractivity contribution is 5.20. The van der Waals surface area contributed by atoms with E-state index >= 15 is 0 Å². The summed E-state index contributed by atoms with van der Waals surface area (Å²) in [7, 11) is 0. The second-order valence-electron chi connectivity index (χ2n) is 4.81. The molecule has 2 atom stereocenters. The van der Waals surface area contributed by atoms with Crippen LogP contribution in [0.3, 0.4) is 0 Å². The number of hydrogen-bond donors (Lipinski definition) is 3. The first-order valence-corrected chi connectivity index (χ1v) is 6.12. The quantitative estimate of drug-likeness (QED) is 0.450. The van der Waals surface area contributed by atoms with E-state index in [-0.39, 0.29) is 18.8 Å². The molecule has 0 bridgehead atoms. The van der Waals surface area contributed by atoms with Crippen molar-refractivity contribution in [3.05, 3.63) is 22.5 Å². The summed E-state index contributed by atoms with van der Waals surface area (Å²) in [4.78, 5) is 9.93. The van der Waals surface area contributed by atoms with Crippen LogP contribution >= 0.6 is 0 Å². The molecule has 1 rings (SSSR count). The molecule has 0 fully saturated rings. The van der Waals surface area contributed by atoms with Crippen LogP contribution < -0.4 is 5.32 Å². The molecule has 8 nitrogen and oxygen atoms in total. The second-order valence-corrected chi connectivity index (χ2v) is 4.81. The van der Waals surface area contributed by atoms with Crippen LogP contribution in [0.25, 0.3) is 0 Å². The van der Waals surface area contributed by atoms with Gasteiger partial charge >= 0.3 is 5.69 Å². The molecule has 1 aromatic rings.